The Morgan fingerprint density at radius 3 is 1.58 bits per heavy atom. The molecule has 5 rings (SSSR count). The molecule has 0 saturated heterocycles. The van der Waals surface area contributed by atoms with E-state index in [-0.39, 0.29) is 5.75 Å². The molecule has 2 aliphatic carbocycles. The second kappa shape index (κ2) is 11.0. The number of phenolic OH excluding ortho intramolecular Hbond substituents is 1. The van der Waals surface area contributed by atoms with E-state index >= 15 is 0 Å². The molecule has 164 valence electrons. The van der Waals surface area contributed by atoms with Crippen LogP contribution in [0.2, 0.25) is 0 Å². The molecule has 3 aromatic carbocycles. The molecular formula is C29H36O2. The molecule has 2 nitrogen and oxygen atoms in total. The largest absolute Gasteiger partial charge is 0.504 e. The average Bonchev–Trinajstić information content (AvgIpc) is 3.22. The molecule has 1 N–H and O–H groups in total. The van der Waals surface area contributed by atoms with Crippen LogP contribution >= 0.6 is 0 Å². The monoisotopic (exact) mass is 416 g/mol. The lowest BCUT2D eigenvalue weighted by Crippen LogP contribution is -2.01. The van der Waals surface area contributed by atoms with Gasteiger partial charge in [-0.1, -0.05) is 53.6 Å². The molecule has 0 atom stereocenters. The first-order valence-electron chi connectivity index (χ1n) is 11.5. The first-order valence-corrected chi connectivity index (χ1v) is 11.5. The maximum absolute atomic E-state index is 9.17. The maximum atomic E-state index is 9.17. The number of aryl methyl sites for hydroxylation is 7. The van der Waals surface area contributed by atoms with E-state index in [1.54, 1.807) is 34.4 Å². The molecule has 0 spiro atoms. The van der Waals surface area contributed by atoms with Crippen LogP contribution in [0.5, 0.6) is 11.5 Å². The van der Waals surface area contributed by atoms with Crippen LogP contribution in [0, 0.1) is 20.8 Å². The Labute approximate surface area is 187 Å². The summed E-state index contributed by atoms with van der Waals surface area (Å²) in [6.07, 6.45) is 9.34. The Bertz CT molecular complexity index is 998. The molecule has 2 aliphatic rings. The van der Waals surface area contributed by atoms with Crippen molar-refractivity contribution in [2.45, 2.75) is 65.7 Å². The van der Waals surface area contributed by atoms with Gasteiger partial charge in [-0.3, -0.25) is 0 Å². The van der Waals surface area contributed by atoms with Crippen LogP contribution in [-0.4, -0.2) is 12.2 Å². The highest BCUT2D eigenvalue weighted by Gasteiger charge is 2.09. The minimum atomic E-state index is 0.197. The Balaban J connectivity index is 0.000000132. The van der Waals surface area contributed by atoms with Crippen molar-refractivity contribution in [2.75, 3.05) is 7.11 Å². The molecule has 0 heterocycles. The van der Waals surface area contributed by atoms with Crippen molar-refractivity contribution < 1.29 is 9.84 Å². The highest BCUT2D eigenvalue weighted by Crippen LogP contribution is 2.25. The molecule has 0 fully saturated rings. The lowest BCUT2D eigenvalue weighted by molar-refractivity contribution is 0.373. The van der Waals surface area contributed by atoms with Gasteiger partial charge in [0, 0.05) is 0 Å². The second-order valence-corrected chi connectivity index (χ2v) is 8.78. The third kappa shape index (κ3) is 6.62. The summed E-state index contributed by atoms with van der Waals surface area (Å²) in [5, 5.41) is 9.17. The number of benzene rings is 3. The van der Waals surface area contributed by atoms with Crippen LogP contribution in [-0.2, 0) is 25.7 Å². The highest BCUT2D eigenvalue weighted by molar-refractivity contribution is 5.41. The van der Waals surface area contributed by atoms with Crippen molar-refractivity contribution >= 4 is 0 Å². The minimum absolute atomic E-state index is 0.197. The van der Waals surface area contributed by atoms with Gasteiger partial charge in [0.15, 0.2) is 11.5 Å². The van der Waals surface area contributed by atoms with E-state index in [1.807, 2.05) is 13.0 Å². The highest BCUT2D eigenvalue weighted by atomic mass is 16.5. The molecule has 0 saturated carbocycles. The van der Waals surface area contributed by atoms with Gasteiger partial charge in [-0.05, 0) is 106 Å². The fourth-order valence-corrected chi connectivity index (χ4v) is 4.36. The molecule has 0 aromatic heterocycles. The Hall–Kier alpha value is -2.74. The number of ether oxygens (including phenoxy) is 1. The van der Waals surface area contributed by atoms with Gasteiger partial charge in [0.05, 0.1) is 7.11 Å². The number of phenols is 1. The first kappa shape index (κ1) is 22.9. The third-order valence-corrected chi connectivity index (χ3v) is 6.09. The van der Waals surface area contributed by atoms with Crippen molar-refractivity contribution in [1.29, 1.82) is 0 Å². The van der Waals surface area contributed by atoms with E-state index in [2.05, 4.69) is 50.2 Å². The van der Waals surface area contributed by atoms with Crippen molar-refractivity contribution in [3.05, 3.63) is 93.5 Å². The van der Waals surface area contributed by atoms with Crippen molar-refractivity contribution in [1.82, 2.24) is 0 Å². The number of rotatable bonds is 1. The minimum Gasteiger partial charge on any atom is -0.504 e. The summed E-state index contributed by atoms with van der Waals surface area (Å²) in [5.74, 6) is 0.716. The Morgan fingerprint density at radius 2 is 1.03 bits per heavy atom. The van der Waals surface area contributed by atoms with E-state index in [9.17, 15) is 0 Å². The average molecular weight is 417 g/mol. The topological polar surface area (TPSA) is 29.5 Å². The van der Waals surface area contributed by atoms with E-state index < -0.39 is 0 Å². The first-order chi connectivity index (χ1) is 15.0. The van der Waals surface area contributed by atoms with Gasteiger partial charge in [0.1, 0.15) is 0 Å². The van der Waals surface area contributed by atoms with Crippen molar-refractivity contribution in [3.63, 3.8) is 0 Å². The number of hydrogen-bond acceptors (Lipinski definition) is 2. The van der Waals surface area contributed by atoms with Crippen molar-refractivity contribution in [3.8, 4) is 11.5 Å². The third-order valence-electron chi connectivity index (χ3n) is 6.09. The molecule has 0 unspecified atom stereocenters. The molecule has 0 radical (unpaired) electrons. The lowest BCUT2D eigenvalue weighted by Gasteiger charge is -2.15. The molecule has 0 aliphatic heterocycles. The van der Waals surface area contributed by atoms with Crippen LogP contribution < -0.4 is 4.74 Å². The smallest absolute Gasteiger partial charge is 0.160 e. The Kier molecular flexibility index (Phi) is 8.17. The summed E-state index contributed by atoms with van der Waals surface area (Å²) in [6.45, 7) is 6.26. The second-order valence-electron chi connectivity index (χ2n) is 8.78. The van der Waals surface area contributed by atoms with Gasteiger partial charge in [0.25, 0.3) is 0 Å². The maximum Gasteiger partial charge on any atom is 0.160 e. The van der Waals surface area contributed by atoms with Crippen LogP contribution in [0.15, 0.2) is 54.6 Å². The zero-order valence-corrected chi connectivity index (χ0v) is 19.5. The standard InChI is InChI=1S/C11H14.C10H12.C8H10O2/c1-9-6-7-10-4-2-3-5-11(10)8-9;1-8-5-6-9-3-2-4-10(9)7-8;1-6-3-4-8(10-2)7(9)5-6/h6-8H,2-5H2,1H3;5-7H,2-4H2,1H3;3-5,9H,1-2H3. The number of methoxy groups -OCH3 is 1. The zero-order chi connectivity index (χ0) is 22.2. The van der Waals surface area contributed by atoms with Crippen molar-refractivity contribution in [2.24, 2.45) is 0 Å². The van der Waals surface area contributed by atoms with Gasteiger partial charge >= 0.3 is 0 Å². The number of hydrogen-bond donors (Lipinski definition) is 1. The molecule has 31 heavy (non-hydrogen) atoms. The van der Waals surface area contributed by atoms with Gasteiger partial charge in [-0.2, -0.15) is 0 Å². The molecular weight excluding hydrogens is 380 g/mol. The van der Waals surface area contributed by atoms with Crippen LogP contribution in [0.25, 0.3) is 0 Å². The van der Waals surface area contributed by atoms with Gasteiger partial charge in [0.2, 0.25) is 0 Å². The summed E-state index contributed by atoms with van der Waals surface area (Å²) in [6, 6.07) is 19.0. The molecule has 0 amide bonds. The molecule has 3 aromatic rings. The predicted molar refractivity (Wildman–Crippen MR) is 130 cm³/mol. The summed E-state index contributed by atoms with van der Waals surface area (Å²) in [4.78, 5) is 0. The fourth-order valence-electron chi connectivity index (χ4n) is 4.36. The fraction of sp³-hybridized carbons (Fsp3) is 0.379. The predicted octanol–water partition coefficient (Wildman–Crippen LogP) is 7.07. The van der Waals surface area contributed by atoms with E-state index in [0.29, 0.717) is 5.75 Å². The molecule has 2 heteroatoms. The normalized spacial score (nSPS) is 13.7. The summed E-state index contributed by atoms with van der Waals surface area (Å²) in [5.41, 5.74) is 10.2. The Morgan fingerprint density at radius 1 is 0.581 bits per heavy atom. The zero-order valence-electron chi connectivity index (χ0n) is 19.5. The van der Waals surface area contributed by atoms with Crippen LogP contribution in [0.4, 0.5) is 0 Å². The van der Waals surface area contributed by atoms with Crippen LogP contribution in [0.1, 0.15) is 58.2 Å². The van der Waals surface area contributed by atoms with Crippen LogP contribution in [0.3, 0.4) is 0 Å². The molecule has 0 bridgehead atoms. The van der Waals surface area contributed by atoms with E-state index in [1.165, 1.54) is 63.2 Å². The summed E-state index contributed by atoms with van der Waals surface area (Å²) < 4.78 is 4.85. The summed E-state index contributed by atoms with van der Waals surface area (Å²) in [7, 11) is 1.53. The van der Waals surface area contributed by atoms with Gasteiger partial charge < -0.3 is 9.84 Å². The lowest BCUT2D eigenvalue weighted by atomic mass is 9.91. The SMILES string of the molecule is COc1ccc(C)cc1O.Cc1ccc2c(c1)CCC2.Cc1ccc2c(c1)CCCC2. The number of fused-ring (bicyclic) bond motifs is 2. The van der Waals surface area contributed by atoms with Gasteiger partial charge in [-0.15, -0.1) is 0 Å². The van der Waals surface area contributed by atoms with E-state index in [0.717, 1.165) is 5.56 Å². The van der Waals surface area contributed by atoms with Gasteiger partial charge in [-0.25, -0.2) is 0 Å². The summed E-state index contributed by atoms with van der Waals surface area (Å²) >= 11 is 0. The van der Waals surface area contributed by atoms with E-state index in [4.69, 9.17) is 9.84 Å². The quantitative estimate of drug-likeness (QED) is 0.460. The number of aromatic hydroxyl groups is 1.